The standard InChI is InChI=1S/C12H18F3N3O2S/c1-8(2)18(7-12(13,14)15)10-5-4-9(16)6-11(10)21(19,20)17-3/h4-6,8,17H,7,16H2,1-3H3. The van der Waals surface area contributed by atoms with E-state index in [2.05, 4.69) is 4.72 Å². The lowest BCUT2D eigenvalue weighted by Crippen LogP contribution is -2.40. The average Bonchev–Trinajstić information content (AvgIpc) is 2.35. The number of hydrogen-bond acceptors (Lipinski definition) is 4. The van der Waals surface area contributed by atoms with Crippen LogP contribution < -0.4 is 15.4 Å². The molecule has 120 valence electrons. The van der Waals surface area contributed by atoms with Crippen molar-refractivity contribution in [2.24, 2.45) is 0 Å². The van der Waals surface area contributed by atoms with Crippen molar-refractivity contribution in [3.05, 3.63) is 18.2 Å². The van der Waals surface area contributed by atoms with E-state index in [4.69, 9.17) is 5.73 Å². The number of nitrogens with one attached hydrogen (secondary N) is 1. The van der Waals surface area contributed by atoms with Crippen LogP contribution >= 0.6 is 0 Å². The zero-order valence-corrected chi connectivity index (χ0v) is 12.7. The molecule has 0 spiro atoms. The lowest BCUT2D eigenvalue weighted by atomic mass is 10.2. The van der Waals surface area contributed by atoms with E-state index in [9.17, 15) is 21.6 Å². The fraction of sp³-hybridized carbons (Fsp3) is 0.500. The number of nitrogen functional groups attached to an aromatic ring is 1. The fourth-order valence-corrected chi connectivity index (χ4v) is 2.80. The Labute approximate surface area is 122 Å². The fourth-order valence-electron chi connectivity index (χ4n) is 1.83. The van der Waals surface area contributed by atoms with Crippen LogP contribution in [0.3, 0.4) is 0 Å². The van der Waals surface area contributed by atoms with Crippen molar-refractivity contribution < 1.29 is 21.6 Å². The van der Waals surface area contributed by atoms with Gasteiger partial charge >= 0.3 is 6.18 Å². The first-order chi connectivity index (χ1) is 9.48. The summed E-state index contributed by atoms with van der Waals surface area (Å²) in [5, 5.41) is 0. The van der Waals surface area contributed by atoms with Gasteiger partial charge in [-0.3, -0.25) is 0 Å². The molecule has 5 nitrogen and oxygen atoms in total. The van der Waals surface area contributed by atoms with Gasteiger partial charge in [0.05, 0.1) is 5.69 Å². The van der Waals surface area contributed by atoms with Gasteiger partial charge in [-0.2, -0.15) is 13.2 Å². The van der Waals surface area contributed by atoms with Crippen LogP contribution in [0.15, 0.2) is 23.1 Å². The molecule has 0 unspecified atom stereocenters. The summed E-state index contributed by atoms with van der Waals surface area (Å²) in [7, 11) is -2.74. The van der Waals surface area contributed by atoms with Gasteiger partial charge in [0.1, 0.15) is 11.4 Å². The topological polar surface area (TPSA) is 75.4 Å². The average molecular weight is 325 g/mol. The number of sulfonamides is 1. The van der Waals surface area contributed by atoms with Crippen LogP contribution in [0.2, 0.25) is 0 Å². The molecule has 1 aromatic rings. The maximum Gasteiger partial charge on any atom is 0.405 e. The second-order valence-electron chi connectivity index (χ2n) is 4.77. The summed E-state index contributed by atoms with van der Waals surface area (Å²) >= 11 is 0. The minimum atomic E-state index is -4.45. The zero-order valence-electron chi connectivity index (χ0n) is 11.9. The first-order valence-corrected chi connectivity index (χ1v) is 7.62. The zero-order chi connectivity index (χ0) is 16.4. The van der Waals surface area contributed by atoms with Gasteiger partial charge in [-0.05, 0) is 39.1 Å². The molecule has 1 aromatic carbocycles. The number of alkyl halides is 3. The molecule has 0 saturated carbocycles. The number of nitrogens with zero attached hydrogens (tertiary/aromatic N) is 1. The predicted octanol–water partition coefficient (Wildman–Crippen LogP) is 1.95. The molecule has 9 heteroatoms. The number of halogens is 3. The maximum atomic E-state index is 12.7. The Hall–Kier alpha value is -1.48. The monoisotopic (exact) mass is 325 g/mol. The van der Waals surface area contributed by atoms with Gasteiger partial charge in [-0.1, -0.05) is 0 Å². The summed E-state index contributed by atoms with van der Waals surface area (Å²) < 4.78 is 64.2. The Morgan fingerprint density at radius 3 is 2.33 bits per heavy atom. The summed E-state index contributed by atoms with van der Waals surface area (Å²) in [6.45, 7) is 1.86. The van der Waals surface area contributed by atoms with E-state index in [0.717, 1.165) is 11.0 Å². The van der Waals surface area contributed by atoms with E-state index < -0.39 is 28.8 Å². The second kappa shape index (κ2) is 6.10. The van der Waals surface area contributed by atoms with E-state index in [-0.39, 0.29) is 16.3 Å². The summed E-state index contributed by atoms with van der Waals surface area (Å²) in [5.74, 6) is 0. The third kappa shape index (κ3) is 4.50. The first kappa shape index (κ1) is 17.6. The molecule has 1 rings (SSSR count). The van der Waals surface area contributed by atoms with E-state index in [1.54, 1.807) is 13.8 Å². The van der Waals surface area contributed by atoms with Gasteiger partial charge in [-0.15, -0.1) is 0 Å². The predicted molar refractivity (Wildman–Crippen MR) is 75.6 cm³/mol. The van der Waals surface area contributed by atoms with E-state index in [1.165, 1.54) is 19.2 Å². The summed E-state index contributed by atoms with van der Waals surface area (Å²) in [5.41, 5.74) is 5.67. The van der Waals surface area contributed by atoms with Gasteiger partial charge < -0.3 is 10.6 Å². The highest BCUT2D eigenvalue weighted by atomic mass is 32.2. The highest BCUT2D eigenvalue weighted by molar-refractivity contribution is 7.89. The van der Waals surface area contributed by atoms with Crippen molar-refractivity contribution in [2.45, 2.75) is 31.0 Å². The van der Waals surface area contributed by atoms with E-state index in [1.807, 2.05) is 0 Å². The third-order valence-corrected chi connectivity index (χ3v) is 4.27. The van der Waals surface area contributed by atoms with Crippen molar-refractivity contribution in [3.8, 4) is 0 Å². The largest absolute Gasteiger partial charge is 0.405 e. The Bertz CT molecular complexity index is 600. The second-order valence-corrected chi connectivity index (χ2v) is 6.63. The molecule has 0 saturated heterocycles. The van der Waals surface area contributed by atoms with E-state index in [0.29, 0.717) is 0 Å². The van der Waals surface area contributed by atoms with Crippen LogP contribution in [0.5, 0.6) is 0 Å². The minimum absolute atomic E-state index is 0.0362. The molecule has 0 bridgehead atoms. The van der Waals surface area contributed by atoms with Crippen LogP contribution in [-0.2, 0) is 10.0 Å². The van der Waals surface area contributed by atoms with Crippen LogP contribution in [0.1, 0.15) is 13.8 Å². The van der Waals surface area contributed by atoms with Crippen molar-refractivity contribution in [1.29, 1.82) is 0 Å². The highest BCUT2D eigenvalue weighted by Gasteiger charge is 2.34. The normalized spacial score (nSPS) is 12.7. The molecule has 21 heavy (non-hydrogen) atoms. The van der Waals surface area contributed by atoms with Crippen molar-refractivity contribution in [1.82, 2.24) is 4.72 Å². The van der Waals surface area contributed by atoms with Gasteiger partial charge in [-0.25, -0.2) is 13.1 Å². The van der Waals surface area contributed by atoms with Crippen LogP contribution in [-0.4, -0.2) is 34.2 Å². The maximum absolute atomic E-state index is 12.7. The Kier molecular flexibility index (Phi) is 5.11. The first-order valence-electron chi connectivity index (χ1n) is 6.14. The number of anilines is 2. The molecule has 0 aromatic heterocycles. The lowest BCUT2D eigenvalue weighted by Gasteiger charge is -2.31. The SMILES string of the molecule is CNS(=O)(=O)c1cc(N)ccc1N(CC(F)(F)F)C(C)C. The molecule has 0 heterocycles. The summed E-state index contributed by atoms with van der Waals surface area (Å²) in [6, 6.07) is 3.26. The smallest absolute Gasteiger partial charge is 0.399 e. The quantitative estimate of drug-likeness (QED) is 0.812. The van der Waals surface area contributed by atoms with Crippen molar-refractivity contribution >= 4 is 21.4 Å². The molecule has 0 aliphatic rings. The molecule has 0 amide bonds. The molecule has 3 N–H and O–H groups in total. The molecular formula is C12H18F3N3O2S. The third-order valence-electron chi connectivity index (χ3n) is 2.82. The van der Waals surface area contributed by atoms with Crippen molar-refractivity contribution in [3.63, 3.8) is 0 Å². The van der Waals surface area contributed by atoms with Crippen LogP contribution in [0.4, 0.5) is 24.5 Å². The van der Waals surface area contributed by atoms with Crippen LogP contribution in [0.25, 0.3) is 0 Å². The molecule has 0 aliphatic heterocycles. The van der Waals surface area contributed by atoms with Gasteiger partial charge in [0.15, 0.2) is 0 Å². The summed E-state index contributed by atoms with van der Waals surface area (Å²) in [4.78, 5) is 0.701. The van der Waals surface area contributed by atoms with Crippen LogP contribution in [0, 0.1) is 0 Å². The van der Waals surface area contributed by atoms with Crippen molar-refractivity contribution in [2.75, 3.05) is 24.2 Å². The summed E-state index contributed by atoms with van der Waals surface area (Å²) in [6.07, 6.45) is -4.45. The highest BCUT2D eigenvalue weighted by Crippen LogP contribution is 2.31. The molecular weight excluding hydrogens is 307 g/mol. The molecule has 0 fully saturated rings. The number of nitrogens with two attached hydrogens (primary N) is 1. The minimum Gasteiger partial charge on any atom is -0.399 e. The number of hydrogen-bond donors (Lipinski definition) is 2. The van der Waals surface area contributed by atoms with Gasteiger partial charge in [0.2, 0.25) is 10.0 Å². The molecule has 0 radical (unpaired) electrons. The number of benzene rings is 1. The molecule has 0 atom stereocenters. The van der Waals surface area contributed by atoms with E-state index >= 15 is 0 Å². The molecule has 0 aliphatic carbocycles. The van der Waals surface area contributed by atoms with Gasteiger partial charge in [0, 0.05) is 11.7 Å². The Balaban J connectivity index is 3.45. The Morgan fingerprint density at radius 2 is 1.90 bits per heavy atom. The van der Waals surface area contributed by atoms with Gasteiger partial charge in [0.25, 0.3) is 0 Å². The lowest BCUT2D eigenvalue weighted by molar-refractivity contribution is -0.120. The number of rotatable bonds is 5. The Morgan fingerprint density at radius 1 is 1.33 bits per heavy atom.